The molecule has 0 saturated heterocycles. The summed E-state index contributed by atoms with van der Waals surface area (Å²) in [6.07, 6.45) is 5.34. The van der Waals surface area contributed by atoms with E-state index in [2.05, 4.69) is 31.1 Å². The van der Waals surface area contributed by atoms with E-state index in [4.69, 9.17) is 21.1 Å². The molecule has 3 aromatic heterocycles. The minimum absolute atomic E-state index is 0.238. The number of amides is 1. The van der Waals surface area contributed by atoms with Gasteiger partial charge in [0.15, 0.2) is 0 Å². The van der Waals surface area contributed by atoms with Crippen LogP contribution >= 0.6 is 22.9 Å². The van der Waals surface area contributed by atoms with Crippen LogP contribution in [0.2, 0.25) is 5.02 Å². The van der Waals surface area contributed by atoms with Crippen LogP contribution in [0.5, 0.6) is 11.5 Å². The molecule has 0 bridgehead atoms. The first-order chi connectivity index (χ1) is 20.9. The summed E-state index contributed by atoms with van der Waals surface area (Å²) in [5.74, 6) is 1.97. The Balaban J connectivity index is 1.24. The second kappa shape index (κ2) is 12.1. The Morgan fingerprint density at radius 3 is 2.74 bits per heavy atom. The third-order valence-electron chi connectivity index (χ3n) is 6.99. The number of fused-ring (bicyclic) bond motifs is 1. The van der Waals surface area contributed by atoms with Gasteiger partial charge in [-0.1, -0.05) is 23.7 Å². The van der Waals surface area contributed by atoms with E-state index in [1.807, 2.05) is 55.7 Å². The molecule has 0 aliphatic heterocycles. The van der Waals surface area contributed by atoms with Crippen molar-refractivity contribution < 1.29 is 14.3 Å². The second-order valence-corrected chi connectivity index (χ2v) is 11.0. The lowest BCUT2D eigenvalue weighted by atomic mass is 10.1. The molecule has 0 fully saturated rings. The SMILES string of the molecule is COc1ccc(CNc2ncnc3c(-c4cnn(-c5cc(NC(=O)c6cccc(Cl)c6)ccc5C)c4)csc23)c(OC)c1. The van der Waals surface area contributed by atoms with Crippen LogP contribution in [-0.4, -0.2) is 39.9 Å². The van der Waals surface area contributed by atoms with Crippen LogP contribution in [-0.2, 0) is 6.54 Å². The molecule has 216 valence electrons. The number of hydrogen-bond acceptors (Lipinski definition) is 8. The number of hydrogen-bond donors (Lipinski definition) is 2. The maximum atomic E-state index is 12.8. The number of halogens is 1. The minimum Gasteiger partial charge on any atom is -0.497 e. The van der Waals surface area contributed by atoms with Gasteiger partial charge in [0.25, 0.3) is 5.91 Å². The van der Waals surface area contributed by atoms with E-state index >= 15 is 0 Å². The summed E-state index contributed by atoms with van der Waals surface area (Å²) < 4.78 is 13.6. The number of methoxy groups -OCH3 is 2. The standard InChI is InChI=1S/C32H27ClN6O3S/c1-19-7-9-24(38-32(40)20-5-4-6-23(33)11-20)12-27(19)39-16-22(15-37-39)26-17-43-30-29(26)35-18-36-31(30)34-14-21-8-10-25(41-2)13-28(21)42-3/h4-13,15-18H,14H2,1-3H3,(H,38,40)(H,34,35,36). The van der Waals surface area contributed by atoms with Crippen molar-refractivity contribution in [3.8, 4) is 28.3 Å². The van der Waals surface area contributed by atoms with Gasteiger partial charge >= 0.3 is 0 Å². The summed E-state index contributed by atoms with van der Waals surface area (Å²) in [5.41, 5.74) is 6.69. The highest BCUT2D eigenvalue weighted by molar-refractivity contribution is 7.18. The molecule has 6 aromatic rings. The van der Waals surface area contributed by atoms with Crippen molar-refractivity contribution in [1.82, 2.24) is 19.7 Å². The number of rotatable bonds is 9. The second-order valence-electron chi connectivity index (χ2n) is 9.72. The van der Waals surface area contributed by atoms with E-state index in [1.54, 1.807) is 60.8 Å². The van der Waals surface area contributed by atoms with Crippen LogP contribution in [0.3, 0.4) is 0 Å². The van der Waals surface area contributed by atoms with Crippen LogP contribution < -0.4 is 20.1 Å². The Bertz CT molecular complexity index is 1950. The Labute approximate surface area is 257 Å². The molecule has 1 amide bonds. The number of aromatic nitrogens is 4. The number of carbonyl (C=O) groups excluding carboxylic acids is 1. The lowest BCUT2D eigenvalue weighted by Gasteiger charge is -2.12. The van der Waals surface area contributed by atoms with E-state index in [1.165, 1.54) is 0 Å². The van der Waals surface area contributed by atoms with Crippen molar-refractivity contribution >= 4 is 50.6 Å². The number of nitrogens with zero attached hydrogens (tertiary/aromatic N) is 4. The quantitative estimate of drug-likeness (QED) is 0.176. The third-order valence-corrected chi connectivity index (χ3v) is 8.20. The molecule has 0 spiro atoms. The van der Waals surface area contributed by atoms with Crippen molar-refractivity contribution in [2.24, 2.45) is 0 Å². The fraction of sp³-hybridized carbons (Fsp3) is 0.125. The van der Waals surface area contributed by atoms with Gasteiger partial charge in [0.2, 0.25) is 0 Å². The van der Waals surface area contributed by atoms with Gasteiger partial charge in [0.05, 0.1) is 36.3 Å². The molecule has 0 aliphatic rings. The number of thiophene rings is 1. The molecular weight excluding hydrogens is 584 g/mol. The summed E-state index contributed by atoms with van der Waals surface area (Å²) in [6.45, 7) is 2.52. The molecule has 2 N–H and O–H groups in total. The summed E-state index contributed by atoms with van der Waals surface area (Å²) >= 11 is 7.63. The topological polar surface area (TPSA) is 103 Å². The number of benzene rings is 3. The fourth-order valence-corrected chi connectivity index (χ4v) is 5.90. The van der Waals surface area contributed by atoms with Crippen LogP contribution in [0.4, 0.5) is 11.5 Å². The zero-order valence-corrected chi connectivity index (χ0v) is 25.2. The number of anilines is 2. The van der Waals surface area contributed by atoms with E-state index in [0.717, 1.165) is 55.5 Å². The van der Waals surface area contributed by atoms with Gasteiger partial charge in [0.1, 0.15) is 23.6 Å². The Morgan fingerprint density at radius 1 is 1.05 bits per heavy atom. The molecule has 3 heterocycles. The fourth-order valence-electron chi connectivity index (χ4n) is 4.72. The lowest BCUT2D eigenvalue weighted by molar-refractivity contribution is 0.102. The third kappa shape index (κ3) is 5.88. The highest BCUT2D eigenvalue weighted by Gasteiger charge is 2.16. The first kappa shape index (κ1) is 28.2. The molecule has 0 aliphatic carbocycles. The summed E-state index contributed by atoms with van der Waals surface area (Å²) in [7, 11) is 3.27. The smallest absolute Gasteiger partial charge is 0.255 e. The molecule has 0 saturated carbocycles. The van der Waals surface area contributed by atoms with Gasteiger partial charge in [0, 0.05) is 57.2 Å². The van der Waals surface area contributed by atoms with Gasteiger partial charge in [-0.15, -0.1) is 11.3 Å². The first-order valence-corrected chi connectivity index (χ1v) is 14.6. The van der Waals surface area contributed by atoms with Crippen LogP contribution in [0, 0.1) is 6.92 Å². The van der Waals surface area contributed by atoms with E-state index < -0.39 is 0 Å². The van der Waals surface area contributed by atoms with E-state index in [9.17, 15) is 4.79 Å². The average Bonchev–Trinajstić information content (AvgIpc) is 3.68. The largest absolute Gasteiger partial charge is 0.497 e. The van der Waals surface area contributed by atoms with Gasteiger partial charge < -0.3 is 20.1 Å². The Morgan fingerprint density at radius 2 is 1.93 bits per heavy atom. The van der Waals surface area contributed by atoms with Crippen LogP contribution in [0.25, 0.3) is 27.0 Å². The van der Waals surface area contributed by atoms with Crippen molar-refractivity contribution in [3.63, 3.8) is 0 Å². The Kier molecular flexibility index (Phi) is 7.95. The normalized spacial score (nSPS) is 11.0. The van der Waals surface area contributed by atoms with Crippen molar-refractivity contribution in [2.45, 2.75) is 13.5 Å². The predicted octanol–water partition coefficient (Wildman–Crippen LogP) is 7.39. The molecule has 3 aromatic carbocycles. The molecular formula is C32H27ClN6O3S. The summed E-state index contributed by atoms with van der Waals surface area (Å²) in [6, 6.07) is 18.3. The highest BCUT2D eigenvalue weighted by Crippen LogP contribution is 2.36. The summed E-state index contributed by atoms with van der Waals surface area (Å²) in [5, 5.41) is 13.6. The molecule has 0 unspecified atom stereocenters. The molecule has 0 radical (unpaired) electrons. The summed E-state index contributed by atoms with van der Waals surface area (Å²) in [4.78, 5) is 21.9. The predicted molar refractivity (Wildman–Crippen MR) is 171 cm³/mol. The molecule has 11 heteroatoms. The van der Waals surface area contributed by atoms with Gasteiger partial charge in [-0.25, -0.2) is 14.6 Å². The number of ether oxygens (including phenoxy) is 2. The van der Waals surface area contributed by atoms with Crippen molar-refractivity contribution in [1.29, 1.82) is 0 Å². The van der Waals surface area contributed by atoms with Gasteiger partial charge in [-0.3, -0.25) is 4.79 Å². The molecule has 0 atom stereocenters. The van der Waals surface area contributed by atoms with E-state index in [0.29, 0.717) is 22.8 Å². The average molecular weight is 611 g/mol. The molecule has 9 nitrogen and oxygen atoms in total. The zero-order valence-electron chi connectivity index (χ0n) is 23.6. The van der Waals surface area contributed by atoms with Crippen molar-refractivity contribution in [3.05, 3.63) is 106 Å². The molecule has 43 heavy (non-hydrogen) atoms. The highest BCUT2D eigenvalue weighted by atomic mass is 35.5. The monoisotopic (exact) mass is 610 g/mol. The zero-order chi connectivity index (χ0) is 29.9. The van der Waals surface area contributed by atoms with Gasteiger partial charge in [-0.05, 0) is 55.0 Å². The van der Waals surface area contributed by atoms with Crippen LogP contribution in [0.15, 0.2) is 84.8 Å². The van der Waals surface area contributed by atoms with Crippen LogP contribution in [0.1, 0.15) is 21.5 Å². The Hall–Kier alpha value is -4.93. The van der Waals surface area contributed by atoms with E-state index in [-0.39, 0.29) is 5.91 Å². The maximum Gasteiger partial charge on any atom is 0.255 e. The van der Waals surface area contributed by atoms with Gasteiger partial charge in [-0.2, -0.15) is 5.10 Å². The number of carbonyl (C=O) groups is 1. The van der Waals surface area contributed by atoms with Crippen molar-refractivity contribution in [2.75, 3.05) is 24.9 Å². The molecule has 6 rings (SSSR count). The maximum absolute atomic E-state index is 12.8. The number of aryl methyl sites for hydroxylation is 1. The lowest BCUT2D eigenvalue weighted by Crippen LogP contribution is -2.12. The first-order valence-electron chi connectivity index (χ1n) is 13.3. The minimum atomic E-state index is -0.238. The number of nitrogens with one attached hydrogen (secondary N) is 2.